The zero-order chi connectivity index (χ0) is 7.31. The van der Waals surface area contributed by atoms with Crippen LogP contribution in [0.3, 0.4) is 0 Å². The quantitative estimate of drug-likeness (QED) is 0.583. The lowest BCUT2D eigenvalue weighted by molar-refractivity contribution is 0.279. The van der Waals surface area contributed by atoms with Gasteiger partial charge >= 0.3 is 0 Å². The Kier molecular flexibility index (Phi) is 0.946. The fraction of sp³-hybridized carbons (Fsp3) is 0.333. The van der Waals surface area contributed by atoms with E-state index in [0.717, 1.165) is 5.75 Å². The van der Waals surface area contributed by atoms with Crippen molar-refractivity contribution in [1.29, 1.82) is 0 Å². The summed E-state index contributed by atoms with van der Waals surface area (Å²) < 4.78 is 5.77. The molecule has 0 bridgehead atoms. The number of rotatable bonds is 0. The molecule has 1 spiro atoms. The van der Waals surface area contributed by atoms with E-state index in [1.54, 1.807) is 0 Å². The first-order valence-electron chi connectivity index (χ1n) is 3.85. The molecule has 1 saturated carbocycles. The van der Waals surface area contributed by atoms with Crippen LogP contribution in [0.5, 0.6) is 5.75 Å². The summed E-state index contributed by atoms with van der Waals surface area (Å²) in [5.74, 6) is 1.08. The SMILES string of the molecule is c1ccc2c(c1)OC1(CC1)S2. The van der Waals surface area contributed by atoms with E-state index in [9.17, 15) is 0 Å². The van der Waals surface area contributed by atoms with Crippen LogP contribution in [-0.2, 0) is 0 Å². The summed E-state index contributed by atoms with van der Waals surface area (Å²) in [7, 11) is 0. The second-order valence-corrected chi connectivity index (χ2v) is 4.45. The molecule has 0 amide bonds. The molecule has 0 aromatic heterocycles. The zero-order valence-electron chi connectivity index (χ0n) is 6.04. The van der Waals surface area contributed by atoms with Gasteiger partial charge in [-0.3, -0.25) is 0 Å². The van der Waals surface area contributed by atoms with Crippen LogP contribution in [0.4, 0.5) is 0 Å². The van der Waals surface area contributed by atoms with Gasteiger partial charge in [0.25, 0.3) is 0 Å². The molecule has 11 heavy (non-hydrogen) atoms. The Balaban J connectivity index is 2.08. The number of para-hydroxylation sites is 1. The Morgan fingerprint density at radius 3 is 2.82 bits per heavy atom. The highest BCUT2D eigenvalue weighted by molar-refractivity contribution is 8.01. The summed E-state index contributed by atoms with van der Waals surface area (Å²) >= 11 is 1.88. The van der Waals surface area contributed by atoms with Crippen molar-refractivity contribution in [2.75, 3.05) is 0 Å². The number of ether oxygens (including phenoxy) is 1. The molecule has 0 radical (unpaired) electrons. The zero-order valence-corrected chi connectivity index (χ0v) is 6.86. The number of thioether (sulfide) groups is 1. The van der Waals surface area contributed by atoms with Crippen molar-refractivity contribution in [3.63, 3.8) is 0 Å². The minimum absolute atomic E-state index is 0.170. The molecule has 0 atom stereocenters. The first kappa shape index (κ1) is 5.95. The third-order valence-corrected chi connectivity index (χ3v) is 3.52. The normalized spacial score (nSPS) is 22.9. The second kappa shape index (κ2) is 1.75. The van der Waals surface area contributed by atoms with Gasteiger partial charge in [0, 0.05) is 12.8 Å². The van der Waals surface area contributed by atoms with Gasteiger partial charge in [-0.05, 0) is 12.1 Å². The van der Waals surface area contributed by atoms with E-state index in [0.29, 0.717) is 0 Å². The van der Waals surface area contributed by atoms with Gasteiger partial charge in [0.1, 0.15) is 5.75 Å². The first-order chi connectivity index (χ1) is 5.38. The molecule has 2 aliphatic rings. The molecular weight excluding hydrogens is 156 g/mol. The molecule has 0 N–H and O–H groups in total. The van der Waals surface area contributed by atoms with Crippen LogP contribution in [0.1, 0.15) is 12.8 Å². The molecule has 1 aromatic rings. The van der Waals surface area contributed by atoms with E-state index >= 15 is 0 Å². The molecule has 1 heterocycles. The summed E-state index contributed by atoms with van der Waals surface area (Å²) in [4.78, 5) is 1.48. The summed E-state index contributed by atoms with van der Waals surface area (Å²) in [5, 5.41) is 0. The van der Waals surface area contributed by atoms with Gasteiger partial charge in [-0.25, -0.2) is 0 Å². The Labute approximate surface area is 69.8 Å². The molecule has 0 saturated heterocycles. The third-order valence-electron chi connectivity index (χ3n) is 2.10. The van der Waals surface area contributed by atoms with Crippen LogP contribution < -0.4 is 4.74 Å². The van der Waals surface area contributed by atoms with Crippen LogP contribution in [0.25, 0.3) is 0 Å². The highest BCUT2D eigenvalue weighted by atomic mass is 32.2. The van der Waals surface area contributed by atoms with Crippen LogP contribution in [-0.4, -0.2) is 4.93 Å². The van der Waals surface area contributed by atoms with Crippen LogP contribution in [0, 0.1) is 0 Å². The predicted octanol–water partition coefficient (Wildman–Crippen LogP) is 2.66. The summed E-state index contributed by atoms with van der Waals surface area (Å²) in [6, 6.07) is 8.28. The molecule has 1 aromatic carbocycles. The third kappa shape index (κ3) is 0.791. The molecule has 1 aliphatic carbocycles. The van der Waals surface area contributed by atoms with Gasteiger partial charge in [-0.15, -0.1) is 0 Å². The maximum atomic E-state index is 5.77. The smallest absolute Gasteiger partial charge is 0.159 e. The Morgan fingerprint density at radius 1 is 1.27 bits per heavy atom. The van der Waals surface area contributed by atoms with Gasteiger partial charge in [-0.1, -0.05) is 23.9 Å². The van der Waals surface area contributed by atoms with Crippen LogP contribution >= 0.6 is 11.8 Å². The lowest BCUT2D eigenvalue weighted by atomic mass is 10.3. The average molecular weight is 164 g/mol. The fourth-order valence-electron chi connectivity index (χ4n) is 1.35. The van der Waals surface area contributed by atoms with Crippen molar-refractivity contribution < 1.29 is 4.74 Å². The summed E-state index contributed by atoms with van der Waals surface area (Å²) in [5.41, 5.74) is 0. The number of hydrogen-bond acceptors (Lipinski definition) is 2. The van der Waals surface area contributed by atoms with E-state index in [1.165, 1.54) is 17.7 Å². The lowest BCUT2D eigenvalue weighted by Crippen LogP contribution is -2.05. The molecule has 56 valence electrons. The summed E-state index contributed by atoms with van der Waals surface area (Å²) in [6.07, 6.45) is 2.43. The number of fused-ring (bicyclic) bond motifs is 1. The molecule has 1 nitrogen and oxygen atoms in total. The van der Waals surface area contributed by atoms with Gasteiger partial charge in [-0.2, -0.15) is 0 Å². The Morgan fingerprint density at radius 2 is 2.09 bits per heavy atom. The minimum Gasteiger partial charge on any atom is -0.475 e. The highest BCUT2D eigenvalue weighted by Gasteiger charge is 2.51. The standard InChI is InChI=1S/C9H8OS/c1-2-4-8-7(3-1)10-9(11-8)5-6-9/h1-4H,5-6H2. The average Bonchev–Trinajstić information content (AvgIpc) is 2.66. The van der Waals surface area contributed by atoms with Gasteiger partial charge in [0.05, 0.1) is 4.90 Å². The van der Waals surface area contributed by atoms with E-state index in [2.05, 4.69) is 18.2 Å². The Bertz CT molecular complexity index is 277. The molecule has 3 rings (SSSR count). The topological polar surface area (TPSA) is 9.23 Å². The first-order valence-corrected chi connectivity index (χ1v) is 4.67. The minimum atomic E-state index is 0.170. The van der Waals surface area contributed by atoms with Crippen molar-refractivity contribution in [2.45, 2.75) is 22.7 Å². The molecule has 2 heteroatoms. The van der Waals surface area contributed by atoms with Gasteiger partial charge < -0.3 is 4.74 Å². The number of hydrogen-bond donors (Lipinski definition) is 0. The van der Waals surface area contributed by atoms with Gasteiger partial charge in [0.2, 0.25) is 0 Å². The monoisotopic (exact) mass is 164 g/mol. The molecule has 1 fully saturated rings. The van der Waals surface area contributed by atoms with Crippen molar-refractivity contribution in [3.05, 3.63) is 24.3 Å². The predicted molar refractivity (Wildman–Crippen MR) is 44.9 cm³/mol. The second-order valence-electron chi connectivity index (χ2n) is 3.06. The maximum absolute atomic E-state index is 5.77. The van der Waals surface area contributed by atoms with Crippen LogP contribution in [0.2, 0.25) is 0 Å². The van der Waals surface area contributed by atoms with Crippen molar-refractivity contribution in [3.8, 4) is 5.75 Å². The van der Waals surface area contributed by atoms with E-state index in [-0.39, 0.29) is 4.93 Å². The number of benzene rings is 1. The maximum Gasteiger partial charge on any atom is 0.159 e. The molecular formula is C9H8OS. The van der Waals surface area contributed by atoms with E-state index in [1.807, 2.05) is 17.8 Å². The largest absolute Gasteiger partial charge is 0.475 e. The van der Waals surface area contributed by atoms with E-state index < -0.39 is 0 Å². The fourth-order valence-corrected chi connectivity index (χ4v) is 2.54. The van der Waals surface area contributed by atoms with Crippen molar-refractivity contribution in [1.82, 2.24) is 0 Å². The molecule has 1 aliphatic heterocycles. The Hall–Kier alpha value is -0.630. The van der Waals surface area contributed by atoms with Crippen molar-refractivity contribution >= 4 is 11.8 Å². The highest BCUT2D eigenvalue weighted by Crippen LogP contribution is 2.59. The van der Waals surface area contributed by atoms with Gasteiger partial charge in [0.15, 0.2) is 4.93 Å². The molecule has 0 unspecified atom stereocenters. The summed E-state index contributed by atoms with van der Waals surface area (Å²) in [6.45, 7) is 0. The van der Waals surface area contributed by atoms with E-state index in [4.69, 9.17) is 4.74 Å². The van der Waals surface area contributed by atoms with Crippen LogP contribution in [0.15, 0.2) is 29.2 Å². The lowest BCUT2D eigenvalue weighted by Gasteiger charge is -2.03. The van der Waals surface area contributed by atoms with Crippen molar-refractivity contribution in [2.24, 2.45) is 0 Å².